The monoisotopic (exact) mass is 241 g/mol. The van der Waals surface area contributed by atoms with E-state index in [-0.39, 0.29) is 59.4 Å². The molecule has 0 aromatic carbocycles. The molecule has 0 saturated carbocycles. The Morgan fingerprint density at radius 3 is 1.62 bits per heavy atom. The molecular formula is C14H45BO. The number of unbranched alkanes of at least 4 members (excludes halogenated alkanes) is 1. The third-order valence-corrected chi connectivity index (χ3v) is 1.14. The highest BCUT2D eigenvalue weighted by Crippen LogP contribution is 1.90. The molecule has 0 aromatic rings. The van der Waals surface area contributed by atoms with Gasteiger partial charge in [0.1, 0.15) is 0 Å². The summed E-state index contributed by atoms with van der Waals surface area (Å²) in [5.74, 6) is 0. The molecule has 2 heteroatoms. The van der Waals surface area contributed by atoms with Gasteiger partial charge in [-0.25, -0.2) is 0 Å². The molecule has 0 N–H and O–H groups in total. The van der Waals surface area contributed by atoms with Crippen molar-refractivity contribution < 1.29 is 4.65 Å². The average molecular weight is 241 g/mol. The molecule has 0 atom stereocenters. The highest BCUT2D eigenvalue weighted by atomic mass is 16.4. The molecule has 0 radical (unpaired) electrons. The molecule has 0 saturated heterocycles. The summed E-state index contributed by atoms with van der Waals surface area (Å²) in [6, 6.07) is 0. The Morgan fingerprint density at radius 1 is 0.875 bits per heavy atom. The molecule has 1 nitrogen and oxygen atoms in total. The minimum Gasteiger partial charge on any atom is -0.439 e. The zero-order chi connectivity index (χ0) is 7.82. The fraction of sp³-hybridized carbons (Fsp3) is 1.00. The van der Waals surface area contributed by atoms with E-state index in [0.29, 0.717) is 0 Å². The van der Waals surface area contributed by atoms with Gasteiger partial charge >= 0.3 is 0 Å². The maximum Gasteiger partial charge on any atom is 0.274 e. The lowest BCUT2D eigenvalue weighted by atomic mass is 9.94. The fourth-order valence-electron chi connectivity index (χ4n) is 0.512. The molecule has 0 aliphatic rings. The van der Waals surface area contributed by atoms with Crippen molar-refractivity contribution in [2.75, 3.05) is 6.61 Å². The largest absolute Gasteiger partial charge is 0.439 e. The van der Waals surface area contributed by atoms with Crippen LogP contribution in [0.25, 0.3) is 0 Å². The quantitative estimate of drug-likeness (QED) is 0.384. The first kappa shape index (κ1) is 44.4. The predicted molar refractivity (Wildman–Crippen MR) is 90.2 cm³/mol. The van der Waals surface area contributed by atoms with E-state index in [1.807, 2.05) is 0 Å². The summed E-state index contributed by atoms with van der Waals surface area (Å²) in [7, 11) is -0.281. The number of hydrogen-bond acceptors (Lipinski definition) is 1. The van der Waals surface area contributed by atoms with E-state index in [1.54, 1.807) is 0 Å². The Hall–Kier alpha value is 0.0249. The Bertz CT molecular complexity index is 73.2. The first-order valence-corrected chi connectivity index (χ1v) is 3.85. The summed E-state index contributed by atoms with van der Waals surface area (Å²) in [5.41, 5.74) is 0. The number of hydrogen-bond donors (Lipinski definition) is 0. The van der Waals surface area contributed by atoms with Gasteiger partial charge in [0.15, 0.2) is 0 Å². The summed E-state index contributed by atoms with van der Waals surface area (Å²) in [4.78, 5) is 0. The van der Waals surface area contributed by atoms with Crippen LogP contribution in [0.4, 0.5) is 0 Å². The molecule has 0 unspecified atom stereocenters. The minimum atomic E-state index is -0.281. The number of rotatable bonds is 6. The zero-order valence-corrected chi connectivity index (χ0v) is 6.52. The Balaban J connectivity index is -0.0000000193. The van der Waals surface area contributed by atoms with Crippen molar-refractivity contribution in [2.24, 2.45) is 0 Å². The second kappa shape index (κ2) is 59.9. The van der Waals surface area contributed by atoms with Crippen LogP contribution in [0.3, 0.4) is 0 Å². The summed E-state index contributed by atoms with van der Waals surface area (Å²) < 4.78 is 12.5. The van der Waals surface area contributed by atoms with Gasteiger partial charge in [-0.3, -0.25) is 0 Å². The highest BCUT2D eigenvalue weighted by molar-refractivity contribution is 6.26. The van der Waals surface area contributed by atoms with Gasteiger partial charge in [0.2, 0.25) is 0 Å². The second-order valence-electron chi connectivity index (χ2n) is 2.18. The zero-order valence-electron chi connectivity index (χ0n) is 7.52. The van der Waals surface area contributed by atoms with Gasteiger partial charge in [-0.05, 0) is 6.42 Å². The molecule has 0 aromatic heterocycles. The van der Waals surface area contributed by atoms with E-state index in [4.69, 9.17) is 5.99 Å². The van der Waals surface area contributed by atoms with Crippen molar-refractivity contribution in [1.82, 2.24) is 0 Å². The molecule has 0 bridgehead atoms. The van der Waals surface area contributed by atoms with Gasteiger partial charge in [0.25, 0.3) is 7.45 Å². The second-order valence-corrected chi connectivity index (χ2v) is 2.18. The van der Waals surface area contributed by atoms with Gasteiger partial charge in [-0.15, -0.1) is 0 Å². The molecule has 0 heterocycles. The van der Waals surface area contributed by atoms with Crippen molar-refractivity contribution in [3.05, 3.63) is 0 Å². The van der Waals surface area contributed by atoms with Crippen LogP contribution in [0.1, 0.15) is 85.1 Å². The maximum absolute atomic E-state index is 7.33. The lowest BCUT2D eigenvalue weighted by molar-refractivity contribution is 0.325. The van der Waals surface area contributed by atoms with Gasteiger partial charge in [-0.1, -0.05) is 85.0 Å². The van der Waals surface area contributed by atoms with Crippen molar-refractivity contribution in [3.8, 4) is 0 Å². The van der Waals surface area contributed by atoms with Crippen LogP contribution in [0, 0.1) is 0 Å². The molecule has 110 valence electrons. The van der Waals surface area contributed by atoms with Crippen molar-refractivity contribution in [1.29, 1.82) is 1.34 Å². The van der Waals surface area contributed by atoms with Crippen LogP contribution < -0.4 is 0 Å². The Kier molecular flexibility index (Phi) is 166. The van der Waals surface area contributed by atoms with Crippen molar-refractivity contribution in [3.63, 3.8) is 0 Å². The predicted octanol–water partition coefficient (Wildman–Crippen LogP) is 6.44. The van der Waals surface area contributed by atoms with Crippen LogP contribution in [0.15, 0.2) is 0 Å². The minimum absolute atomic E-state index is 0. The Morgan fingerprint density at radius 2 is 1.31 bits per heavy atom. The molecular weight excluding hydrogens is 195 g/mol. The molecule has 0 aliphatic heterocycles. The van der Waals surface area contributed by atoms with E-state index in [0.717, 1.165) is 32.2 Å². The third-order valence-electron chi connectivity index (χ3n) is 1.14. The summed E-state index contributed by atoms with van der Waals surface area (Å²) in [5, 5.41) is 0. The normalized spacial score (nSPS) is 6.25. The first-order chi connectivity index (χ1) is 4.81. The third kappa shape index (κ3) is 65.5. The summed E-state index contributed by atoms with van der Waals surface area (Å²) >= 11 is 0. The van der Waals surface area contributed by atoms with Crippen LogP contribution in [0.2, 0.25) is 6.32 Å². The standard InChI is InChI=1S/C7H17BO.7CH4/c1-3-5-7-9-8-6-4-2;;;;;;;/h8H,3-7H2,1-2H3;7*1H4/i8D;;;;;;;. The molecule has 0 aliphatic carbocycles. The van der Waals surface area contributed by atoms with E-state index in [2.05, 4.69) is 13.8 Å². The van der Waals surface area contributed by atoms with E-state index >= 15 is 0 Å². The lowest BCUT2D eigenvalue weighted by Gasteiger charge is -1.98. The maximum atomic E-state index is 7.33. The average Bonchev–Trinajstić information content (AvgIpc) is 1.89. The molecule has 16 heavy (non-hydrogen) atoms. The summed E-state index contributed by atoms with van der Waals surface area (Å²) in [6.07, 6.45) is 4.14. The van der Waals surface area contributed by atoms with Gasteiger partial charge < -0.3 is 4.65 Å². The highest BCUT2D eigenvalue weighted by Gasteiger charge is 1.87. The molecule has 0 fully saturated rings. The molecule has 0 amide bonds. The lowest BCUT2D eigenvalue weighted by Crippen LogP contribution is -1.98. The SMILES string of the molecule is C.C.C.C.C.C.C.[2H]B(CCC)OCCCC. The molecule has 0 rings (SSSR count). The first-order valence-electron chi connectivity index (χ1n) is 4.42. The van der Waals surface area contributed by atoms with Gasteiger partial charge in [-0.2, -0.15) is 0 Å². The van der Waals surface area contributed by atoms with Gasteiger partial charge in [0, 0.05) is 7.94 Å². The van der Waals surface area contributed by atoms with Crippen LogP contribution in [-0.4, -0.2) is 15.4 Å². The van der Waals surface area contributed by atoms with E-state index < -0.39 is 0 Å². The van der Waals surface area contributed by atoms with Crippen LogP contribution in [-0.2, 0) is 4.65 Å². The topological polar surface area (TPSA) is 9.23 Å². The van der Waals surface area contributed by atoms with Crippen LogP contribution in [0.5, 0.6) is 0 Å². The summed E-state index contributed by atoms with van der Waals surface area (Å²) in [6.45, 7) is 4.96. The smallest absolute Gasteiger partial charge is 0.274 e. The van der Waals surface area contributed by atoms with Crippen molar-refractivity contribution in [2.45, 2.75) is 91.4 Å². The van der Waals surface area contributed by atoms with Gasteiger partial charge in [0.05, 0.1) is 0 Å². The van der Waals surface area contributed by atoms with Crippen LogP contribution >= 0.6 is 0 Å². The van der Waals surface area contributed by atoms with Crippen molar-refractivity contribution >= 4 is 7.45 Å². The Labute approximate surface area is 112 Å². The fourth-order valence-corrected chi connectivity index (χ4v) is 0.512. The van der Waals surface area contributed by atoms with E-state index in [1.165, 1.54) is 0 Å². The molecule has 0 spiro atoms. The van der Waals surface area contributed by atoms with E-state index in [9.17, 15) is 0 Å².